The first-order chi connectivity index (χ1) is 13.8. The zero-order valence-corrected chi connectivity index (χ0v) is 16.8. The molecule has 3 nitrogen and oxygen atoms in total. The number of aromatic nitrogens is 2. The number of unbranched alkanes of at least 4 members (excludes halogenated alkanes) is 5. The molecular formula is C25H30N2O. The summed E-state index contributed by atoms with van der Waals surface area (Å²) in [4.78, 5) is 16.4. The summed E-state index contributed by atoms with van der Waals surface area (Å²) in [5.41, 5.74) is 4.47. The van der Waals surface area contributed by atoms with Gasteiger partial charge in [-0.2, -0.15) is 0 Å². The van der Waals surface area contributed by atoms with Crippen LogP contribution in [0, 0.1) is 0 Å². The van der Waals surface area contributed by atoms with Crippen LogP contribution in [0.15, 0.2) is 72.9 Å². The molecule has 0 aliphatic heterocycles. The average Bonchev–Trinajstić information content (AvgIpc) is 3.15. The molecule has 1 aromatic heterocycles. The Bertz CT molecular complexity index is 839. The first-order valence-corrected chi connectivity index (χ1v) is 10.5. The number of nitrogens with zero attached hydrogens (tertiary/aromatic N) is 2. The maximum Gasteiger partial charge on any atom is 0.262 e. The van der Waals surface area contributed by atoms with Crippen LogP contribution in [0.1, 0.15) is 67.8 Å². The van der Waals surface area contributed by atoms with Crippen LogP contribution in [0.3, 0.4) is 0 Å². The molecule has 1 aliphatic carbocycles. The lowest BCUT2D eigenvalue weighted by Gasteiger charge is -2.06. The van der Waals surface area contributed by atoms with Crippen molar-refractivity contribution in [1.82, 2.24) is 9.55 Å². The van der Waals surface area contributed by atoms with Crippen LogP contribution in [0.5, 0.6) is 0 Å². The molecule has 0 bridgehead atoms. The first kappa shape index (κ1) is 20.1. The molecule has 3 rings (SSSR count). The van der Waals surface area contributed by atoms with Crippen LogP contribution in [0.4, 0.5) is 0 Å². The van der Waals surface area contributed by atoms with Crippen molar-refractivity contribution in [1.29, 1.82) is 0 Å². The largest absolute Gasteiger partial charge is 0.272 e. The van der Waals surface area contributed by atoms with Gasteiger partial charge in [-0.3, -0.25) is 9.36 Å². The number of carbonyl (C=O) groups is 1. The highest BCUT2D eigenvalue weighted by Crippen LogP contribution is 2.22. The van der Waals surface area contributed by atoms with Crippen LogP contribution in [-0.4, -0.2) is 15.5 Å². The lowest BCUT2D eigenvalue weighted by molar-refractivity contribution is 0.0958. The molecule has 0 atom stereocenters. The van der Waals surface area contributed by atoms with Gasteiger partial charge in [-0.15, -0.1) is 0 Å². The zero-order valence-electron chi connectivity index (χ0n) is 16.8. The van der Waals surface area contributed by atoms with Crippen molar-refractivity contribution in [2.45, 2.75) is 58.3 Å². The predicted molar refractivity (Wildman–Crippen MR) is 116 cm³/mol. The third-order valence-electron chi connectivity index (χ3n) is 5.21. The molecular weight excluding hydrogens is 344 g/mol. The van der Waals surface area contributed by atoms with E-state index >= 15 is 0 Å². The Morgan fingerprint density at radius 1 is 1.00 bits per heavy atom. The van der Waals surface area contributed by atoms with Crippen molar-refractivity contribution in [2.75, 3.05) is 0 Å². The Morgan fingerprint density at radius 3 is 2.54 bits per heavy atom. The molecule has 28 heavy (non-hydrogen) atoms. The highest BCUT2D eigenvalue weighted by molar-refractivity contribution is 5.99. The van der Waals surface area contributed by atoms with E-state index in [0.717, 1.165) is 18.4 Å². The molecule has 0 saturated carbocycles. The first-order valence-electron chi connectivity index (χ1n) is 10.5. The fourth-order valence-electron chi connectivity index (χ4n) is 3.50. The monoisotopic (exact) mass is 374 g/mol. The Labute approximate surface area is 168 Å². The minimum Gasteiger partial charge on any atom is -0.272 e. The van der Waals surface area contributed by atoms with Crippen LogP contribution >= 0.6 is 0 Å². The van der Waals surface area contributed by atoms with E-state index in [1.54, 1.807) is 18.7 Å². The molecule has 0 spiro atoms. The van der Waals surface area contributed by atoms with Crippen molar-refractivity contribution in [3.05, 3.63) is 84.0 Å². The molecule has 146 valence electrons. The average molecular weight is 375 g/mol. The second-order valence-corrected chi connectivity index (χ2v) is 7.38. The number of hydrogen-bond donors (Lipinski definition) is 0. The summed E-state index contributed by atoms with van der Waals surface area (Å²) < 4.78 is 1.51. The fraction of sp³-hybridized carbons (Fsp3) is 0.360. The molecule has 0 radical (unpaired) electrons. The Balaban J connectivity index is 1.54. The molecule has 1 aromatic carbocycles. The standard InChI is InChI=1S/C25H30N2O/c1-2-3-4-5-6-7-9-21-12-14-23(15-13-21)22-10-8-11-24(17-16-22)25(28)27-19-18-26-20-27/h10-20H,2-9H2,1H3. The number of rotatable bonds is 9. The molecule has 0 fully saturated rings. The lowest BCUT2D eigenvalue weighted by atomic mass is 10.00. The summed E-state index contributed by atoms with van der Waals surface area (Å²) >= 11 is 0. The summed E-state index contributed by atoms with van der Waals surface area (Å²) in [6.45, 7) is 2.26. The van der Waals surface area contributed by atoms with E-state index in [2.05, 4.69) is 42.2 Å². The van der Waals surface area contributed by atoms with Gasteiger partial charge in [0.05, 0.1) is 0 Å². The third kappa shape index (κ3) is 5.66. The molecule has 0 saturated heterocycles. The second-order valence-electron chi connectivity index (χ2n) is 7.38. The summed E-state index contributed by atoms with van der Waals surface area (Å²) in [5.74, 6) is -0.0438. The number of benzene rings is 1. The van der Waals surface area contributed by atoms with Gasteiger partial charge in [-0.05, 0) is 42.0 Å². The number of aryl methyl sites for hydroxylation is 1. The molecule has 0 N–H and O–H groups in total. The molecule has 3 heteroatoms. The predicted octanol–water partition coefficient (Wildman–Crippen LogP) is 6.40. The SMILES string of the molecule is CCCCCCCCc1ccc(C2=CCC=C(C(=O)n3ccnc3)C=C2)cc1. The molecule has 2 aromatic rings. The van der Waals surface area contributed by atoms with Crippen molar-refractivity contribution in [2.24, 2.45) is 0 Å². The summed E-state index contributed by atoms with van der Waals surface area (Å²) in [5, 5.41) is 0. The maximum absolute atomic E-state index is 12.5. The lowest BCUT2D eigenvalue weighted by Crippen LogP contribution is -2.09. The zero-order chi connectivity index (χ0) is 19.6. The van der Waals surface area contributed by atoms with E-state index in [4.69, 9.17) is 0 Å². The van der Waals surface area contributed by atoms with Gasteiger partial charge in [0.15, 0.2) is 0 Å². The minimum absolute atomic E-state index is 0.0438. The Kier molecular flexibility index (Phi) is 7.60. The van der Waals surface area contributed by atoms with E-state index in [1.807, 2.05) is 18.2 Å². The summed E-state index contributed by atoms with van der Waals surface area (Å²) in [7, 11) is 0. The van der Waals surface area contributed by atoms with Crippen LogP contribution < -0.4 is 0 Å². The van der Waals surface area contributed by atoms with E-state index < -0.39 is 0 Å². The molecule has 0 amide bonds. The number of carbonyl (C=O) groups excluding carboxylic acids is 1. The van der Waals surface area contributed by atoms with Crippen LogP contribution in [-0.2, 0) is 6.42 Å². The van der Waals surface area contributed by atoms with E-state index in [0.29, 0.717) is 5.57 Å². The van der Waals surface area contributed by atoms with Crippen molar-refractivity contribution in [3.63, 3.8) is 0 Å². The third-order valence-corrected chi connectivity index (χ3v) is 5.21. The molecule has 0 unspecified atom stereocenters. The van der Waals surface area contributed by atoms with E-state index in [-0.39, 0.29) is 5.91 Å². The van der Waals surface area contributed by atoms with Gasteiger partial charge in [0, 0.05) is 18.0 Å². The topological polar surface area (TPSA) is 34.9 Å². The van der Waals surface area contributed by atoms with E-state index in [1.165, 1.54) is 54.2 Å². The maximum atomic E-state index is 12.5. The summed E-state index contributed by atoms with van der Waals surface area (Å²) in [6, 6.07) is 8.88. The van der Waals surface area contributed by atoms with Crippen molar-refractivity contribution in [3.8, 4) is 0 Å². The van der Waals surface area contributed by atoms with Gasteiger partial charge in [-0.1, -0.05) is 81.5 Å². The smallest absolute Gasteiger partial charge is 0.262 e. The Morgan fingerprint density at radius 2 is 1.79 bits per heavy atom. The van der Waals surface area contributed by atoms with Crippen LogP contribution in [0.25, 0.3) is 5.57 Å². The number of imidazole rings is 1. The highest BCUT2D eigenvalue weighted by Gasteiger charge is 2.10. The molecule has 1 heterocycles. The van der Waals surface area contributed by atoms with Crippen molar-refractivity contribution < 1.29 is 4.79 Å². The van der Waals surface area contributed by atoms with Gasteiger partial charge in [0.2, 0.25) is 0 Å². The molecule has 1 aliphatic rings. The highest BCUT2D eigenvalue weighted by atomic mass is 16.2. The van der Waals surface area contributed by atoms with Gasteiger partial charge < -0.3 is 0 Å². The van der Waals surface area contributed by atoms with Gasteiger partial charge in [0.1, 0.15) is 6.33 Å². The minimum atomic E-state index is -0.0438. The fourth-order valence-corrected chi connectivity index (χ4v) is 3.50. The van der Waals surface area contributed by atoms with Crippen molar-refractivity contribution >= 4 is 11.5 Å². The second kappa shape index (κ2) is 10.6. The number of allylic oxidation sites excluding steroid dienone is 6. The Hall–Kier alpha value is -2.68. The summed E-state index contributed by atoms with van der Waals surface area (Å²) in [6.07, 6.45) is 22.8. The van der Waals surface area contributed by atoms with Gasteiger partial charge >= 0.3 is 0 Å². The van der Waals surface area contributed by atoms with Crippen LogP contribution in [0.2, 0.25) is 0 Å². The number of hydrogen-bond acceptors (Lipinski definition) is 2. The van der Waals surface area contributed by atoms with E-state index in [9.17, 15) is 4.79 Å². The van der Waals surface area contributed by atoms with Gasteiger partial charge in [0.25, 0.3) is 5.91 Å². The van der Waals surface area contributed by atoms with Gasteiger partial charge in [-0.25, -0.2) is 4.98 Å². The normalized spacial score (nSPS) is 13.8. The quantitative estimate of drug-likeness (QED) is 0.476.